The van der Waals surface area contributed by atoms with E-state index in [0.29, 0.717) is 17.9 Å². The van der Waals surface area contributed by atoms with Crippen LogP contribution in [0.3, 0.4) is 0 Å². The fourth-order valence-electron chi connectivity index (χ4n) is 1.36. The van der Waals surface area contributed by atoms with Crippen molar-refractivity contribution in [1.82, 2.24) is 4.90 Å². The lowest BCUT2D eigenvalue weighted by molar-refractivity contribution is 0.152. The lowest BCUT2D eigenvalue weighted by Crippen LogP contribution is -2.31. The highest BCUT2D eigenvalue weighted by atomic mass is 19.3. The van der Waals surface area contributed by atoms with E-state index >= 15 is 0 Å². The number of nitrogens with two attached hydrogens (primary N) is 1. The Morgan fingerprint density at radius 1 is 1.35 bits per heavy atom. The normalized spacial score (nSPS) is 13.1. The minimum Gasteiger partial charge on any atom is -0.399 e. The van der Waals surface area contributed by atoms with Crippen molar-refractivity contribution in [3.05, 3.63) is 23.8 Å². The van der Waals surface area contributed by atoms with Crippen LogP contribution in [0.15, 0.2) is 18.2 Å². The Bertz CT molecular complexity index is 367. The predicted molar refractivity (Wildman–Crippen MR) is 67.5 cm³/mol. The minimum absolute atomic E-state index is 0.0454. The first-order chi connectivity index (χ1) is 7.91. The molecule has 0 heterocycles. The summed E-state index contributed by atoms with van der Waals surface area (Å²) in [6, 6.07) is 4.79. The van der Waals surface area contributed by atoms with E-state index in [9.17, 15) is 8.78 Å². The van der Waals surface area contributed by atoms with E-state index in [0.717, 1.165) is 0 Å². The summed E-state index contributed by atoms with van der Waals surface area (Å²) >= 11 is 0. The number of benzene rings is 1. The number of nitrogens with one attached hydrogen (secondary N) is 1. The Balaban J connectivity index is 2.77. The Kier molecular flexibility index (Phi) is 4.69. The van der Waals surface area contributed by atoms with Crippen LogP contribution in [0.25, 0.3) is 0 Å². The SMILES string of the molecule is CC(CNc1ccc(N)cc1C(F)F)N(C)C. The van der Waals surface area contributed by atoms with Crippen molar-refractivity contribution >= 4 is 11.4 Å². The third-order valence-corrected chi connectivity index (χ3v) is 2.78. The molecule has 0 aliphatic carbocycles. The summed E-state index contributed by atoms with van der Waals surface area (Å²) < 4.78 is 25.6. The maximum atomic E-state index is 12.8. The first-order valence-corrected chi connectivity index (χ1v) is 5.49. The molecule has 0 aromatic heterocycles. The van der Waals surface area contributed by atoms with E-state index in [-0.39, 0.29) is 11.6 Å². The van der Waals surface area contributed by atoms with Gasteiger partial charge < -0.3 is 16.0 Å². The molecule has 5 heteroatoms. The molecule has 3 nitrogen and oxygen atoms in total. The lowest BCUT2D eigenvalue weighted by Gasteiger charge is -2.21. The highest BCUT2D eigenvalue weighted by molar-refractivity contribution is 5.58. The molecule has 0 amide bonds. The van der Waals surface area contributed by atoms with E-state index in [4.69, 9.17) is 5.73 Å². The third kappa shape index (κ3) is 3.85. The van der Waals surface area contributed by atoms with E-state index in [1.807, 2.05) is 25.9 Å². The van der Waals surface area contributed by atoms with Crippen LogP contribution in [-0.2, 0) is 0 Å². The number of nitrogens with zero attached hydrogens (tertiary/aromatic N) is 1. The lowest BCUT2D eigenvalue weighted by atomic mass is 10.1. The summed E-state index contributed by atoms with van der Waals surface area (Å²) in [5.41, 5.74) is 6.26. The summed E-state index contributed by atoms with van der Waals surface area (Å²) in [6.07, 6.45) is -2.52. The number of anilines is 2. The Morgan fingerprint density at radius 2 is 2.00 bits per heavy atom. The number of alkyl halides is 2. The largest absolute Gasteiger partial charge is 0.399 e. The second-order valence-electron chi connectivity index (χ2n) is 4.34. The molecule has 96 valence electrons. The molecule has 17 heavy (non-hydrogen) atoms. The summed E-state index contributed by atoms with van der Waals surface area (Å²) in [6.45, 7) is 2.63. The fourth-order valence-corrected chi connectivity index (χ4v) is 1.36. The molecule has 1 atom stereocenters. The van der Waals surface area contributed by atoms with E-state index < -0.39 is 6.43 Å². The number of likely N-dealkylation sites (N-methyl/N-ethyl adjacent to an activating group) is 1. The van der Waals surface area contributed by atoms with Crippen molar-refractivity contribution in [3.8, 4) is 0 Å². The van der Waals surface area contributed by atoms with Crippen molar-refractivity contribution in [2.45, 2.75) is 19.4 Å². The van der Waals surface area contributed by atoms with Crippen molar-refractivity contribution in [1.29, 1.82) is 0 Å². The highest BCUT2D eigenvalue weighted by Gasteiger charge is 2.14. The maximum Gasteiger partial charge on any atom is 0.265 e. The molecule has 1 unspecified atom stereocenters. The first-order valence-electron chi connectivity index (χ1n) is 5.49. The zero-order valence-electron chi connectivity index (χ0n) is 10.4. The third-order valence-electron chi connectivity index (χ3n) is 2.78. The minimum atomic E-state index is -2.52. The summed E-state index contributed by atoms with van der Waals surface area (Å²) in [5.74, 6) is 0. The van der Waals surface area contributed by atoms with Crippen LogP contribution in [0.1, 0.15) is 18.9 Å². The Morgan fingerprint density at radius 3 is 2.53 bits per heavy atom. The second-order valence-corrected chi connectivity index (χ2v) is 4.34. The summed E-state index contributed by atoms with van der Waals surface area (Å²) in [7, 11) is 3.90. The molecule has 0 aliphatic rings. The van der Waals surface area contributed by atoms with E-state index in [1.54, 1.807) is 12.1 Å². The van der Waals surface area contributed by atoms with Crippen LogP contribution >= 0.6 is 0 Å². The van der Waals surface area contributed by atoms with Crippen LogP contribution in [0.4, 0.5) is 20.2 Å². The molecule has 0 saturated heterocycles. The quantitative estimate of drug-likeness (QED) is 0.781. The van der Waals surface area contributed by atoms with Gasteiger partial charge in [-0.15, -0.1) is 0 Å². The van der Waals surface area contributed by atoms with Gasteiger partial charge in [0.1, 0.15) is 0 Å². The molecule has 0 bridgehead atoms. The van der Waals surface area contributed by atoms with Gasteiger partial charge in [0.05, 0.1) is 0 Å². The van der Waals surface area contributed by atoms with E-state index in [2.05, 4.69) is 5.32 Å². The van der Waals surface area contributed by atoms with Gasteiger partial charge in [0.15, 0.2) is 0 Å². The molecule has 1 aromatic carbocycles. The maximum absolute atomic E-state index is 12.8. The molecule has 0 spiro atoms. The molecular formula is C12H19F2N3. The van der Waals surface area contributed by atoms with Gasteiger partial charge in [0.25, 0.3) is 6.43 Å². The van der Waals surface area contributed by atoms with Crippen molar-refractivity contribution < 1.29 is 8.78 Å². The van der Waals surface area contributed by atoms with Crippen molar-refractivity contribution in [2.24, 2.45) is 0 Å². The summed E-state index contributed by atoms with van der Waals surface area (Å²) in [4.78, 5) is 2.02. The number of hydrogen-bond acceptors (Lipinski definition) is 3. The molecule has 1 rings (SSSR count). The monoisotopic (exact) mass is 243 g/mol. The molecular weight excluding hydrogens is 224 g/mol. The summed E-state index contributed by atoms with van der Waals surface area (Å²) in [5, 5.41) is 3.03. The van der Waals surface area contributed by atoms with Gasteiger partial charge in [-0.05, 0) is 39.2 Å². The molecule has 0 aliphatic heterocycles. The molecule has 0 radical (unpaired) electrons. The molecule has 0 fully saturated rings. The highest BCUT2D eigenvalue weighted by Crippen LogP contribution is 2.28. The number of nitrogen functional groups attached to an aromatic ring is 1. The molecule has 0 saturated carbocycles. The van der Waals surface area contributed by atoms with Crippen molar-refractivity contribution in [3.63, 3.8) is 0 Å². The smallest absolute Gasteiger partial charge is 0.265 e. The predicted octanol–water partition coefficient (Wildman–Crippen LogP) is 2.57. The zero-order valence-corrected chi connectivity index (χ0v) is 10.4. The number of hydrogen-bond donors (Lipinski definition) is 2. The molecule has 1 aromatic rings. The van der Waals surface area contributed by atoms with Crippen molar-refractivity contribution in [2.75, 3.05) is 31.7 Å². The Hall–Kier alpha value is -1.36. The van der Waals surface area contributed by atoms with Gasteiger partial charge in [-0.3, -0.25) is 0 Å². The fraction of sp³-hybridized carbons (Fsp3) is 0.500. The number of halogens is 2. The van der Waals surface area contributed by atoms with Gasteiger partial charge in [0.2, 0.25) is 0 Å². The van der Waals surface area contributed by atoms with Crippen LogP contribution in [-0.4, -0.2) is 31.6 Å². The first kappa shape index (κ1) is 13.7. The second kappa shape index (κ2) is 5.82. The molecule has 3 N–H and O–H groups in total. The van der Waals surface area contributed by atoms with Gasteiger partial charge in [0, 0.05) is 29.5 Å². The van der Waals surface area contributed by atoms with Gasteiger partial charge in [-0.2, -0.15) is 0 Å². The average molecular weight is 243 g/mol. The zero-order chi connectivity index (χ0) is 13.0. The van der Waals surface area contributed by atoms with Gasteiger partial charge in [-0.25, -0.2) is 8.78 Å². The van der Waals surface area contributed by atoms with Crippen LogP contribution in [0, 0.1) is 0 Å². The van der Waals surface area contributed by atoms with Crippen LogP contribution in [0.2, 0.25) is 0 Å². The topological polar surface area (TPSA) is 41.3 Å². The van der Waals surface area contributed by atoms with Crippen LogP contribution < -0.4 is 11.1 Å². The van der Waals surface area contributed by atoms with Crippen LogP contribution in [0.5, 0.6) is 0 Å². The Labute approximate surface area is 101 Å². The average Bonchev–Trinajstić information content (AvgIpc) is 2.26. The standard InChI is InChI=1S/C12H19F2N3/c1-8(17(2)3)7-16-11-5-4-9(15)6-10(11)12(13)14/h4-6,8,12,16H,7,15H2,1-3H3. The number of rotatable bonds is 5. The van der Waals surface area contributed by atoms with E-state index in [1.165, 1.54) is 6.07 Å². The van der Waals surface area contributed by atoms with Gasteiger partial charge in [-0.1, -0.05) is 0 Å². The van der Waals surface area contributed by atoms with Gasteiger partial charge >= 0.3 is 0 Å².